The van der Waals surface area contributed by atoms with Crippen LogP contribution >= 0.6 is 11.3 Å². The summed E-state index contributed by atoms with van der Waals surface area (Å²) < 4.78 is 1.09. The quantitative estimate of drug-likeness (QED) is 0.783. The molecule has 3 aromatic rings. The third kappa shape index (κ3) is 3.81. The minimum atomic E-state index is -0.0570. The van der Waals surface area contributed by atoms with Crippen molar-refractivity contribution < 1.29 is 4.79 Å². The summed E-state index contributed by atoms with van der Waals surface area (Å²) in [6, 6.07) is 18.3. The lowest BCUT2D eigenvalue weighted by molar-refractivity contribution is 0.143. The summed E-state index contributed by atoms with van der Waals surface area (Å²) in [5, 5.41) is 3.61. The molecule has 2 aromatic carbocycles. The van der Waals surface area contributed by atoms with E-state index in [1.165, 1.54) is 16.9 Å². The lowest BCUT2D eigenvalue weighted by Crippen LogP contribution is -2.49. The van der Waals surface area contributed by atoms with Crippen molar-refractivity contribution in [2.24, 2.45) is 0 Å². The molecule has 0 spiro atoms. The molecule has 25 heavy (non-hydrogen) atoms. The van der Waals surface area contributed by atoms with Gasteiger partial charge in [-0.25, -0.2) is 9.78 Å². The van der Waals surface area contributed by atoms with Gasteiger partial charge in [0.2, 0.25) is 0 Å². The average molecular weight is 352 g/mol. The summed E-state index contributed by atoms with van der Waals surface area (Å²) in [5.74, 6) is 0. The molecule has 1 aliphatic heterocycles. The number of carbonyl (C=O) groups is 1. The normalized spacial score (nSPS) is 15.4. The smallest absolute Gasteiger partial charge is 0.322 e. The van der Waals surface area contributed by atoms with Gasteiger partial charge in [0.25, 0.3) is 0 Å². The summed E-state index contributed by atoms with van der Waals surface area (Å²) in [5.41, 5.74) is 2.24. The van der Waals surface area contributed by atoms with Crippen LogP contribution in [-0.2, 0) is 6.54 Å². The number of rotatable bonds is 3. The first-order valence-corrected chi connectivity index (χ1v) is 9.27. The monoisotopic (exact) mass is 352 g/mol. The molecule has 0 aliphatic carbocycles. The molecule has 1 aromatic heterocycles. The van der Waals surface area contributed by atoms with Crippen molar-refractivity contribution in [2.75, 3.05) is 31.5 Å². The van der Waals surface area contributed by atoms with Crippen LogP contribution in [0.25, 0.3) is 10.2 Å². The fourth-order valence-electron chi connectivity index (χ4n) is 3.05. The lowest BCUT2D eigenvalue weighted by Gasteiger charge is -2.34. The molecule has 0 bridgehead atoms. The predicted octanol–water partition coefficient (Wildman–Crippen LogP) is 3.65. The topological polar surface area (TPSA) is 48.5 Å². The number of nitrogens with one attached hydrogen (secondary N) is 1. The Bertz CT molecular complexity index is 823. The number of urea groups is 1. The molecule has 4 rings (SSSR count). The summed E-state index contributed by atoms with van der Waals surface area (Å²) >= 11 is 1.51. The van der Waals surface area contributed by atoms with Crippen LogP contribution in [0.3, 0.4) is 0 Å². The number of thiazole rings is 1. The number of carbonyl (C=O) groups excluding carboxylic acids is 1. The number of hydrogen-bond donors (Lipinski definition) is 1. The third-order valence-corrected chi connectivity index (χ3v) is 5.37. The molecule has 1 saturated heterocycles. The van der Waals surface area contributed by atoms with Gasteiger partial charge in [-0.3, -0.25) is 10.2 Å². The fourth-order valence-corrected chi connectivity index (χ4v) is 3.90. The zero-order valence-electron chi connectivity index (χ0n) is 13.9. The van der Waals surface area contributed by atoms with Crippen LogP contribution in [0.5, 0.6) is 0 Å². The van der Waals surface area contributed by atoms with Crippen LogP contribution < -0.4 is 5.32 Å². The van der Waals surface area contributed by atoms with Crippen molar-refractivity contribution in [3.63, 3.8) is 0 Å². The Morgan fingerprint density at radius 3 is 2.48 bits per heavy atom. The summed E-state index contributed by atoms with van der Waals surface area (Å²) in [6.07, 6.45) is 0. The number of amides is 2. The van der Waals surface area contributed by atoms with Gasteiger partial charge in [0.1, 0.15) is 0 Å². The SMILES string of the molecule is O=C(Nc1nc2ccccc2s1)N1CCN(Cc2ccccc2)CC1. The van der Waals surface area contributed by atoms with Crippen LogP contribution in [0.1, 0.15) is 5.56 Å². The molecule has 1 N–H and O–H groups in total. The maximum absolute atomic E-state index is 12.5. The first-order chi connectivity index (χ1) is 12.3. The molecule has 0 atom stereocenters. The van der Waals surface area contributed by atoms with Crippen molar-refractivity contribution in [3.8, 4) is 0 Å². The molecular weight excluding hydrogens is 332 g/mol. The van der Waals surface area contributed by atoms with Crippen molar-refractivity contribution in [1.29, 1.82) is 0 Å². The van der Waals surface area contributed by atoms with E-state index in [4.69, 9.17) is 0 Å². The maximum atomic E-state index is 12.5. The Morgan fingerprint density at radius 1 is 1.00 bits per heavy atom. The predicted molar refractivity (Wildman–Crippen MR) is 102 cm³/mol. The van der Waals surface area contributed by atoms with E-state index in [1.54, 1.807) is 0 Å². The summed E-state index contributed by atoms with van der Waals surface area (Å²) in [7, 11) is 0. The molecule has 5 nitrogen and oxygen atoms in total. The highest BCUT2D eigenvalue weighted by Gasteiger charge is 2.21. The van der Waals surface area contributed by atoms with Crippen LogP contribution in [0.15, 0.2) is 54.6 Å². The van der Waals surface area contributed by atoms with Gasteiger partial charge in [-0.15, -0.1) is 0 Å². The zero-order valence-corrected chi connectivity index (χ0v) is 14.7. The van der Waals surface area contributed by atoms with E-state index in [1.807, 2.05) is 35.2 Å². The number of anilines is 1. The average Bonchev–Trinajstić information content (AvgIpc) is 3.05. The molecule has 0 radical (unpaired) electrons. The fraction of sp³-hybridized carbons (Fsp3) is 0.263. The van der Waals surface area contributed by atoms with E-state index < -0.39 is 0 Å². The molecule has 128 valence electrons. The highest BCUT2D eigenvalue weighted by molar-refractivity contribution is 7.22. The Labute approximate surface area is 150 Å². The Hall–Kier alpha value is -2.44. The summed E-state index contributed by atoms with van der Waals surface area (Å²) in [6.45, 7) is 4.20. The number of hydrogen-bond acceptors (Lipinski definition) is 4. The third-order valence-electron chi connectivity index (χ3n) is 4.42. The molecule has 0 unspecified atom stereocenters. The van der Waals surface area contributed by atoms with E-state index >= 15 is 0 Å². The van der Waals surface area contributed by atoms with Gasteiger partial charge in [-0.1, -0.05) is 53.8 Å². The maximum Gasteiger partial charge on any atom is 0.323 e. The van der Waals surface area contributed by atoms with Crippen LogP contribution in [0.2, 0.25) is 0 Å². The molecular formula is C19H20N4OS. The highest BCUT2D eigenvalue weighted by atomic mass is 32.1. The van der Waals surface area contributed by atoms with Crippen molar-refractivity contribution in [3.05, 3.63) is 60.2 Å². The van der Waals surface area contributed by atoms with Gasteiger partial charge in [0.05, 0.1) is 10.2 Å². The van der Waals surface area contributed by atoms with E-state index in [9.17, 15) is 4.79 Å². The number of benzene rings is 2. The number of nitrogens with zero attached hydrogens (tertiary/aromatic N) is 3. The summed E-state index contributed by atoms with van der Waals surface area (Å²) in [4.78, 5) is 21.2. The molecule has 1 fully saturated rings. The van der Waals surface area contributed by atoms with Gasteiger partial charge < -0.3 is 4.90 Å². The van der Waals surface area contributed by atoms with Crippen molar-refractivity contribution in [1.82, 2.24) is 14.8 Å². The standard InChI is InChI=1S/C19H20N4OS/c24-19(21-18-20-16-8-4-5-9-17(16)25-18)23-12-10-22(11-13-23)14-15-6-2-1-3-7-15/h1-9H,10-14H2,(H,20,21,24). The minimum Gasteiger partial charge on any atom is -0.322 e. The first kappa shape index (κ1) is 16.1. The van der Waals surface area contributed by atoms with Gasteiger partial charge in [0, 0.05) is 32.7 Å². The Balaban J connectivity index is 1.32. The van der Waals surface area contributed by atoms with Crippen LogP contribution in [-0.4, -0.2) is 47.0 Å². The molecule has 1 aliphatic rings. The molecule has 0 saturated carbocycles. The number of para-hydroxylation sites is 1. The second-order valence-corrected chi connectivity index (χ2v) is 7.20. The zero-order chi connectivity index (χ0) is 17.1. The molecule has 6 heteroatoms. The van der Waals surface area contributed by atoms with Gasteiger partial charge in [-0.05, 0) is 17.7 Å². The van der Waals surface area contributed by atoms with Gasteiger partial charge >= 0.3 is 6.03 Å². The van der Waals surface area contributed by atoms with Gasteiger partial charge in [0.15, 0.2) is 5.13 Å². The number of fused-ring (bicyclic) bond motifs is 1. The van der Waals surface area contributed by atoms with Gasteiger partial charge in [-0.2, -0.15) is 0 Å². The van der Waals surface area contributed by atoms with E-state index in [-0.39, 0.29) is 6.03 Å². The van der Waals surface area contributed by atoms with Crippen LogP contribution in [0, 0.1) is 0 Å². The second-order valence-electron chi connectivity index (χ2n) is 6.17. The Kier molecular flexibility index (Phi) is 4.63. The van der Waals surface area contributed by atoms with Crippen LogP contribution in [0.4, 0.5) is 9.93 Å². The highest BCUT2D eigenvalue weighted by Crippen LogP contribution is 2.25. The first-order valence-electron chi connectivity index (χ1n) is 8.46. The largest absolute Gasteiger partial charge is 0.323 e. The van der Waals surface area contributed by atoms with E-state index in [0.717, 1.165) is 42.9 Å². The van der Waals surface area contributed by atoms with E-state index in [2.05, 4.69) is 39.5 Å². The van der Waals surface area contributed by atoms with E-state index in [0.29, 0.717) is 5.13 Å². The second kappa shape index (κ2) is 7.21. The number of aromatic nitrogens is 1. The minimum absolute atomic E-state index is 0.0570. The van der Waals surface area contributed by atoms with Crippen molar-refractivity contribution in [2.45, 2.75) is 6.54 Å². The lowest BCUT2D eigenvalue weighted by atomic mass is 10.2. The molecule has 2 amide bonds. The Morgan fingerprint density at radius 2 is 1.72 bits per heavy atom. The van der Waals surface area contributed by atoms with Crippen molar-refractivity contribution >= 4 is 32.7 Å². The molecule has 2 heterocycles. The number of piperazine rings is 1.